The topological polar surface area (TPSA) is 12.0 Å². The molecule has 0 bridgehead atoms. The summed E-state index contributed by atoms with van der Waals surface area (Å²) >= 11 is 0. The Hall–Kier alpha value is -1.86. The van der Waals surface area contributed by atoms with E-state index < -0.39 is 0 Å². The molecule has 0 aromatic heterocycles. The Morgan fingerprint density at radius 3 is 2.55 bits per heavy atom. The quantitative estimate of drug-likeness (QED) is 0.840. The third kappa shape index (κ3) is 3.00. The first-order valence-electron chi connectivity index (χ1n) is 7.47. The van der Waals surface area contributed by atoms with Crippen LogP contribution in [0.2, 0.25) is 0 Å². The van der Waals surface area contributed by atoms with Crippen molar-refractivity contribution in [3.63, 3.8) is 0 Å². The lowest BCUT2D eigenvalue weighted by atomic mass is 9.88. The van der Waals surface area contributed by atoms with E-state index in [2.05, 4.69) is 66.0 Å². The lowest BCUT2D eigenvalue weighted by Crippen LogP contribution is -2.23. The van der Waals surface area contributed by atoms with Gasteiger partial charge in [0, 0.05) is 0 Å². The molecule has 1 N–H and O–H groups in total. The zero-order valence-electron chi connectivity index (χ0n) is 11.8. The highest BCUT2D eigenvalue weighted by molar-refractivity contribution is 5.84. The van der Waals surface area contributed by atoms with Crippen LogP contribution in [0, 0.1) is 0 Å². The molecular formula is C19H21N. The summed E-state index contributed by atoms with van der Waals surface area (Å²) in [4.78, 5) is 0. The van der Waals surface area contributed by atoms with Gasteiger partial charge in [0.2, 0.25) is 0 Å². The van der Waals surface area contributed by atoms with Gasteiger partial charge < -0.3 is 5.32 Å². The maximum atomic E-state index is 3.45. The standard InChI is InChI=1S/C19H21N/c1-2-5-9-16(8-4-1)19(17-10-6-3-7-11-17)18-12-14-20-15-13-18/h1-4,6-11,20H,5,12-15H2. The Labute approximate surface area is 121 Å². The summed E-state index contributed by atoms with van der Waals surface area (Å²) < 4.78 is 0. The highest BCUT2D eigenvalue weighted by Gasteiger charge is 2.15. The van der Waals surface area contributed by atoms with Crippen LogP contribution in [-0.4, -0.2) is 13.1 Å². The van der Waals surface area contributed by atoms with Gasteiger partial charge in [0.05, 0.1) is 0 Å². The maximum absolute atomic E-state index is 3.45. The van der Waals surface area contributed by atoms with Gasteiger partial charge in [-0.2, -0.15) is 0 Å². The molecule has 1 heteroatoms. The van der Waals surface area contributed by atoms with Crippen molar-refractivity contribution in [2.24, 2.45) is 0 Å². The second kappa shape index (κ2) is 6.53. The lowest BCUT2D eigenvalue weighted by molar-refractivity contribution is 0.611. The first kappa shape index (κ1) is 13.1. The van der Waals surface area contributed by atoms with Crippen molar-refractivity contribution < 1.29 is 0 Å². The average Bonchev–Trinajstić information content (AvgIpc) is 2.79. The maximum Gasteiger partial charge on any atom is -0.00111 e. The largest absolute Gasteiger partial charge is 0.316 e. The third-order valence-electron chi connectivity index (χ3n) is 3.91. The molecule has 0 amide bonds. The molecule has 1 aromatic carbocycles. The molecule has 1 aromatic rings. The van der Waals surface area contributed by atoms with E-state index in [0.29, 0.717) is 0 Å². The van der Waals surface area contributed by atoms with Gasteiger partial charge in [-0.25, -0.2) is 0 Å². The van der Waals surface area contributed by atoms with E-state index in [1.165, 1.54) is 16.7 Å². The lowest BCUT2D eigenvalue weighted by Gasteiger charge is -2.21. The molecule has 1 saturated heterocycles. The number of piperidine rings is 1. The summed E-state index contributed by atoms with van der Waals surface area (Å²) in [6.45, 7) is 2.20. The predicted molar refractivity (Wildman–Crippen MR) is 86.4 cm³/mol. The van der Waals surface area contributed by atoms with Crippen LogP contribution < -0.4 is 5.32 Å². The second-order valence-corrected chi connectivity index (χ2v) is 5.28. The van der Waals surface area contributed by atoms with Crippen molar-refractivity contribution in [1.29, 1.82) is 0 Å². The number of allylic oxidation sites excluding steroid dienone is 7. The minimum atomic E-state index is 1.02. The Kier molecular flexibility index (Phi) is 4.29. The Bertz CT molecular complexity index is 565. The summed E-state index contributed by atoms with van der Waals surface area (Å²) in [6.07, 6.45) is 14.4. The fraction of sp³-hybridized carbons (Fsp3) is 0.263. The number of rotatable bonds is 2. The molecule has 0 saturated carbocycles. The molecule has 102 valence electrons. The van der Waals surface area contributed by atoms with E-state index in [4.69, 9.17) is 0 Å². The minimum absolute atomic E-state index is 1.02. The van der Waals surface area contributed by atoms with Crippen LogP contribution in [0.4, 0.5) is 0 Å². The molecule has 1 nitrogen and oxygen atoms in total. The monoisotopic (exact) mass is 263 g/mol. The van der Waals surface area contributed by atoms with E-state index in [9.17, 15) is 0 Å². The molecule has 1 fully saturated rings. The summed E-state index contributed by atoms with van der Waals surface area (Å²) in [5.74, 6) is 0. The van der Waals surface area contributed by atoms with Gasteiger partial charge in [-0.05, 0) is 49.1 Å². The van der Waals surface area contributed by atoms with Crippen LogP contribution in [0.5, 0.6) is 0 Å². The third-order valence-corrected chi connectivity index (χ3v) is 3.91. The average molecular weight is 263 g/mol. The second-order valence-electron chi connectivity index (χ2n) is 5.28. The zero-order chi connectivity index (χ0) is 13.6. The molecule has 1 aliphatic carbocycles. The van der Waals surface area contributed by atoms with Gasteiger partial charge in [-0.15, -0.1) is 0 Å². The highest BCUT2D eigenvalue weighted by atomic mass is 14.9. The highest BCUT2D eigenvalue weighted by Crippen LogP contribution is 2.32. The summed E-state index contributed by atoms with van der Waals surface area (Å²) in [6, 6.07) is 10.8. The van der Waals surface area contributed by atoms with E-state index in [1.807, 2.05) is 0 Å². The molecule has 1 heterocycles. The van der Waals surface area contributed by atoms with Crippen molar-refractivity contribution in [2.45, 2.75) is 19.3 Å². The van der Waals surface area contributed by atoms with Crippen LogP contribution in [-0.2, 0) is 0 Å². The summed E-state index contributed by atoms with van der Waals surface area (Å²) in [5, 5.41) is 3.45. The van der Waals surface area contributed by atoms with Crippen molar-refractivity contribution in [2.75, 3.05) is 13.1 Å². The van der Waals surface area contributed by atoms with Crippen LogP contribution in [0.1, 0.15) is 24.8 Å². The fourth-order valence-electron chi connectivity index (χ4n) is 2.92. The first-order valence-corrected chi connectivity index (χ1v) is 7.47. The number of nitrogens with one attached hydrogen (secondary N) is 1. The number of hydrogen-bond donors (Lipinski definition) is 1. The molecule has 0 atom stereocenters. The Morgan fingerprint density at radius 1 is 0.950 bits per heavy atom. The SMILES string of the molecule is C1=CCC=C(C(=C2CCNCC2)c2ccccc2)C=C1. The van der Waals surface area contributed by atoms with Crippen LogP contribution >= 0.6 is 0 Å². The Morgan fingerprint density at radius 2 is 1.75 bits per heavy atom. The van der Waals surface area contributed by atoms with E-state index in [1.54, 1.807) is 5.57 Å². The van der Waals surface area contributed by atoms with Gasteiger partial charge in [0.25, 0.3) is 0 Å². The normalized spacial score (nSPS) is 18.6. The van der Waals surface area contributed by atoms with Gasteiger partial charge >= 0.3 is 0 Å². The fourth-order valence-corrected chi connectivity index (χ4v) is 2.92. The van der Waals surface area contributed by atoms with Gasteiger partial charge in [0.15, 0.2) is 0 Å². The summed E-state index contributed by atoms with van der Waals surface area (Å²) in [5.41, 5.74) is 5.76. The summed E-state index contributed by atoms with van der Waals surface area (Å²) in [7, 11) is 0. The molecule has 1 aliphatic heterocycles. The molecule has 3 rings (SSSR count). The van der Waals surface area contributed by atoms with Crippen LogP contribution in [0.15, 0.2) is 71.9 Å². The molecule has 0 spiro atoms. The van der Waals surface area contributed by atoms with E-state index >= 15 is 0 Å². The van der Waals surface area contributed by atoms with Crippen molar-refractivity contribution in [1.82, 2.24) is 5.32 Å². The smallest absolute Gasteiger partial charge is 0.00111 e. The molecule has 2 aliphatic rings. The minimum Gasteiger partial charge on any atom is -0.316 e. The Balaban J connectivity index is 2.06. The molecule has 0 radical (unpaired) electrons. The van der Waals surface area contributed by atoms with Gasteiger partial charge in [0.1, 0.15) is 0 Å². The zero-order valence-corrected chi connectivity index (χ0v) is 11.8. The number of hydrogen-bond acceptors (Lipinski definition) is 1. The van der Waals surface area contributed by atoms with Gasteiger partial charge in [-0.1, -0.05) is 66.3 Å². The molecule has 0 unspecified atom stereocenters. The molecule has 20 heavy (non-hydrogen) atoms. The van der Waals surface area contributed by atoms with Crippen LogP contribution in [0.25, 0.3) is 5.57 Å². The van der Waals surface area contributed by atoms with Gasteiger partial charge in [-0.3, -0.25) is 0 Å². The van der Waals surface area contributed by atoms with E-state index in [0.717, 1.165) is 32.4 Å². The first-order chi connectivity index (χ1) is 9.95. The molecular weight excluding hydrogens is 242 g/mol. The van der Waals surface area contributed by atoms with Crippen molar-refractivity contribution >= 4 is 5.57 Å². The number of benzene rings is 1. The van der Waals surface area contributed by atoms with Crippen molar-refractivity contribution in [3.05, 3.63) is 77.4 Å². The van der Waals surface area contributed by atoms with Crippen LogP contribution in [0.3, 0.4) is 0 Å². The predicted octanol–water partition coefficient (Wildman–Crippen LogP) is 4.27. The van der Waals surface area contributed by atoms with Crippen molar-refractivity contribution in [3.8, 4) is 0 Å². The van der Waals surface area contributed by atoms with E-state index in [-0.39, 0.29) is 0 Å².